The Labute approximate surface area is 146 Å². The highest BCUT2D eigenvalue weighted by Gasteiger charge is 2.41. The molecule has 0 spiro atoms. The van der Waals surface area contributed by atoms with Crippen LogP contribution in [0.1, 0.15) is 58.1 Å². The molecule has 3 unspecified atom stereocenters. The minimum absolute atomic E-state index is 0.195. The molecule has 3 rings (SSSR count). The molecule has 2 aliphatic rings. The standard InChI is InChI=1S/C20H31N3O/c1-5-21-19(23-17-12-16-10-11-18(17)24-16)22-13-14-6-8-15(9-7-14)20(2,3)4/h6-9,16-18H,5,10-13H2,1-4H3,(H2,21,22,23). The third kappa shape index (κ3) is 4.10. The van der Waals surface area contributed by atoms with Gasteiger partial charge in [-0.15, -0.1) is 0 Å². The number of hydrogen-bond donors (Lipinski definition) is 2. The Morgan fingerprint density at radius 1 is 1.21 bits per heavy atom. The Morgan fingerprint density at radius 3 is 2.50 bits per heavy atom. The molecule has 2 heterocycles. The smallest absolute Gasteiger partial charge is 0.191 e. The van der Waals surface area contributed by atoms with Gasteiger partial charge in [-0.25, -0.2) is 4.99 Å². The molecule has 24 heavy (non-hydrogen) atoms. The van der Waals surface area contributed by atoms with Crippen LogP contribution in [0.15, 0.2) is 29.3 Å². The fraction of sp³-hybridized carbons (Fsp3) is 0.650. The highest BCUT2D eigenvalue weighted by molar-refractivity contribution is 5.80. The van der Waals surface area contributed by atoms with E-state index in [0.717, 1.165) is 18.9 Å². The number of nitrogens with zero attached hydrogens (tertiary/aromatic N) is 1. The summed E-state index contributed by atoms with van der Waals surface area (Å²) in [5.74, 6) is 0.901. The number of ether oxygens (including phenoxy) is 1. The van der Waals surface area contributed by atoms with Gasteiger partial charge in [0.15, 0.2) is 5.96 Å². The van der Waals surface area contributed by atoms with Crippen molar-refractivity contribution < 1.29 is 4.74 Å². The average Bonchev–Trinajstić information content (AvgIpc) is 3.15. The fourth-order valence-electron chi connectivity index (χ4n) is 3.57. The van der Waals surface area contributed by atoms with Gasteiger partial charge in [0, 0.05) is 6.54 Å². The van der Waals surface area contributed by atoms with Crippen molar-refractivity contribution >= 4 is 5.96 Å². The number of hydrogen-bond acceptors (Lipinski definition) is 2. The molecule has 4 heteroatoms. The number of nitrogens with one attached hydrogen (secondary N) is 2. The summed E-state index contributed by atoms with van der Waals surface area (Å²) in [6, 6.07) is 9.22. The summed E-state index contributed by atoms with van der Waals surface area (Å²) in [6.07, 6.45) is 4.33. The first kappa shape index (κ1) is 17.3. The first-order chi connectivity index (χ1) is 11.5. The minimum Gasteiger partial charge on any atom is -0.373 e. The maximum absolute atomic E-state index is 5.93. The van der Waals surface area contributed by atoms with Crippen molar-refractivity contribution in [2.24, 2.45) is 4.99 Å². The minimum atomic E-state index is 0.195. The Hall–Kier alpha value is -1.55. The molecule has 1 aromatic carbocycles. The van der Waals surface area contributed by atoms with E-state index in [-0.39, 0.29) is 5.41 Å². The van der Waals surface area contributed by atoms with Gasteiger partial charge >= 0.3 is 0 Å². The van der Waals surface area contributed by atoms with Crippen LogP contribution in [0.2, 0.25) is 0 Å². The van der Waals surface area contributed by atoms with E-state index in [0.29, 0.717) is 24.8 Å². The lowest BCUT2D eigenvalue weighted by atomic mass is 9.87. The number of benzene rings is 1. The summed E-state index contributed by atoms with van der Waals surface area (Å²) < 4.78 is 5.93. The van der Waals surface area contributed by atoms with Crippen molar-refractivity contribution in [1.82, 2.24) is 10.6 Å². The normalized spacial score (nSPS) is 26.7. The predicted molar refractivity (Wildman–Crippen MR) is 99.4 cm³/mol. The molecule has 2 N–H and O–H groups in total. The second-order valence-electron chi connectivity index (χ2n) is 8.00. The van der Waals surface area contributed by atoms with E-state index in [2.05, 4.69) is 62.6 Å². The predicted octanol–water partition coefficient (Wildman–Crippen LogP) is 3.36. The van der Waals surface area contributed by atoms with Crippen molar-refractivity contribution in [2.45, 2.75) is 77.2 Å². The van der Waals surface area contributed by atoms with E-state index in [1.807, 2.05) is 0 Å². The van der Waals surface area contributed by atoms with Crippen LogP contribution in [0.3, 0.4) is 0 Å². The maximum Gasteiger partial charge on any atom is 0.191 e. The molecule has 3 atom stereocenters. The van der Waals surface area contributed by atoms with E-state index in [1.165, 1.54) is 24.0 Å². The zero-order valence-electron chi connectivity index (χ0n) is 15.4. The molecule has 2 fully saturated rings. The molecular weight excluding hydrogens is 298 g/mol. The number of aliphatic imine (C=N–C) groups is 1. The Balaban J connectivity index is 1.61. The third-order valence-corrected chi connectivity index (χ3v) is 5.01. The molecule has 2 bridgehead atoms. The van der Waals surface area contributed by atoms with Crippen LogP contribution in [0, 0.1) is 0 Å². The molecule has 2 saturated heterocycles. The zero-order chi connectivity index (χ0) is 17.2. The molecular formula is C20H31N3O. The molecule has 0 saturated carbocycles. The molecule has 4 nitrogen and oxygen atoms in total. The number of rotatable bonds is 4. The molecule has 132 valence electrons. The van der Waals surface area contributed by atoms with Crippen LogP contribution < -0.4 is 10.6 Å². The Bertz CT molecular complexity index is 574. The largest absolute Gasteiger partial charge is 0.373 e. The summed E-state index contributed by atoms with van der Waals surface area (Å²) in [4.78, 5) is 4.76. The van der Waals surface area contributed by atoms with Gasteiger partial charge in [-0.2, -0.15) is 0 Å². The third-order valence-electron chi connectivity index (χ3n) is 5.01. The topological polar surface area (TPSA) is 45.7 Å². The van der Waals surface area contributed by atoms with Gasteiger partial charge in [0.2, 0.25) is 0 Å². The molecule has 0 aliphatic carbocycles. The lowest BCUT2D eigenvalue weighted by molar-refractivity contribution is 0.0992. The molecule has 0 aromatic heterocycles. The summed E-state index contributed by atoms with van der Waals surface area (Å²) in [5, 5.41) is 6.93. The molecule has 1 aromatic rings. The van der Waals surface area contributed by atoms with E-state index < -0.39 is 0 Å². The van der Waals surface area contributed by atoms with Crippen molar-refractivity contribution in [3.8, 4) is 0 Å². The quantitative estimate of drug-likeness (QED) is 0.658. The monoisotopic (exact) mass is 329 g/mol. The van der Waals surface area contributed by atoms with Gasteiger partial charge in [0.05, 0.1) is 24.8 Å². The summed E-state index contributed by atoms with van der Waals surface area (Å²) in [6.45, 7) is 10.4. The highest BCUT2D eigenvalue weighted by atomic mass is 16.5. The van der Waals surface area contributed by atoms with Gasteiger partial charge < -0.3 is 15.4 Å². The van der Waals surface area contributed by atoms with Crippen LogP contribution in [0.5, 0.6) is 0 Å². The average molecular weight is 329 g/mol. The number of guanidine groups is 1. The van der Waals surface area contributed by atoms with Crippen LogP contribution >= 0.6 is 0 Å². The summed E-state index contributed by atoms with van der Waals surface area (Å²) in [5.41, 5.74) is 2.80. The zero-order valence-corrected chi connectivity index (χ0v) is 15.4. The lowest BCUT2D eigenvalue weighted by Gasteiger charge is -2.22. The molecule has 0 amide bonds. The summed E-state index contributed by atoms with van der Waals surface area (Å²) in [7, 11) is 0. The van der Waals surface area contributed by atoms with Gasteiger partial charge in [0.1, 0.15) is 0 Å². The van der Waals surface area contributed by atoms with Crippen molar-refractivity contribution in [2.75, 3.05) is 6.54 Å². The molecule has 0 radical (unpaired) electrons. The van der Waals surface area contributed by atoms with Gasteiger partial charge in [-0.1, -0.05) is 45.0 Å². The first-order valence-corrected chi connectivity index (χ1v) is 9.25. The Kier molecular flexibility index (Phi) is 5.14. The van der Waals surface area contributed by atoms with Crippen LogP contribution in [-0.4, -0.2) is 30.8 Å². The van der Waals surface area contributed by atoms with E-state index >= 15 is 0 Å². The second-order valence-corrected chi connectivity index (χ2v) is 8.00. The molecule has 2 aliphatic heterocycles. The van der Waals surface area contributed by atoms with Crippen molar-refractivity contribution in [1.29, 1.82) is 0 Å². The van der Waals surface area contributed by atoms with E-state index in [1.54, 1.807) is 0 Å². The lowest BCUT2D eigenvalue weighted by Crippen LogP contribution is -2.47. The van der Waals surface area contributed by atoms with Crippen LogP contribution in [0.4, 0.5) is 0 Å². The van der Waals surface area contributed by atoms with Crippen LogP contribution in [0.25, 0.3) is 0 Å². The number of fused-ring (bicyclic) bond motifs is 2. The van der Waals surface area contributed by atoms with Gasteiger partial charge in [0.25, 0.3) is 0 Å². The van der Waals surface area contributed by atoms with Gasteiger partial charge in [-0.05, 0) is 42.7 Å². The maximum atomic E-state index is 5.93. The van der Waals surface area contributed by atoms with Gasteiger partial charge in [-0.3, -0.25) is 0 Å². The first-order valence-electron chi connectivity index (χ1n) is 9.25. The van der Waals surface area contributed by atoms with E-state index in [4.69, 9.17) is 9.73 Å². The van der Waals surface area contributed by atoms with Crippen molar-refractivity contribution in [3.05, 3.63) is 35.4 Å². The van der Waals surface area contributed by atoms with Crippen molar-refractivity contribution in [3.63, 3.8) is 0 Å². The SMILES string of the molecule is CCNC(=NCc1ccc(C(C)(C)C)cc1)NC1CC2CCC1O2. The fourth-order valence-corrected chi connectivity index (χ4v) is 3.57. The second kappa shape index (κ2) is 7.14. The summed E-state index contributed by atoms with van der Waals surface area (Å²) >= 11 is 0. The van der Waals surface area contributed by atoms with Crippen LogP contribution in [-0.2, 0) is 16.7 Å². The Morgan fingerprint density at radius 2 is 1.96 bits per heavy atom. The van der Waals surface area contributed by atoms with E-state index in [9.17, 15) is 0 Å². The highest BCUT2D eigenvalue weighted by Crippen LogP contribution is 2.34.